The Labute approximate surface area is 125 Å². The number of nitrogens with one attached hydrogen (secondary N) is 1. The van der Waals surface area contributed by atoms with Crippen LogP contribution in [0, 0.1) is 17.3 Å². The van der Waals surface area contributed by atoms with Crippen LogP contribution in [0.1, 0.15) is 44.6 Å². The maximum Gasteiger partial charge on any atom is 0.0178 e. The lowest BCUT2D eigenvalue weighted by Gasteiger charge is -2.56. The minimum absolute atomic E-state index is 0.584. The molecule has 2 fully saturated rings. The summed E-state index contributed by atoms with van der Waals surface area (Å²) in [6.45, 7) is 7.12. The Morgan fingerprint density at radius 2 is 2.11 bits per heavy atom. The van der Waals surface area contributed by atoms with Crippen molar-refractivity contribution in [1.29, 1.82) is 0 Å². The Morgan fingerprint density at radius 3 is 2.79 bits per heavy atom. The van der Waals surface area contributed by atoms with Crippen molar-refractivity contribution in [3.63, 3.8) is 0 Å². The monoisotopic (exact) mass is 321 g/mol. The Bertz CT molecular complexity index is 448. The fourth-order valence-corrected chi connectivity index (χ4v) is 4.53. The molecule has 1 spiro atoms. The third-order valence-electron chi connectivity index (χ3n) is 5.42. The van der Waals surface area contributed by atoms with E-state index in [1.165, 1.54) is 35.8 Å². The zero-order valence-corrected chi connectivity index (χ0v) is 13.5. The molecule has 1 heterocycles. The highest BCUT2D eigenvalue weighted by Gasteiger charge is 2.51. The van der Waals surface area contributed by atoms with Crippen LogP contribution in [0.2, 0.25) is 0 Å². The van der Waals surface area contributed by atoms with Crippen LogP contribution in [0.4, 0.5) is 0 Å². The molecule has 104 valence electrons. The van der Waals surface area contributed by atoms with Crippen molar-refractivity contribution in [1.82, 2.24) is 5.32 Å². The molecule has 1 saturated carbocycles. The zero-order valence-electron chi connectivity index (χ0n) is 12.0. The van der Waals surface area contributed by atoms with Crippen LogP contribution >= 0.6 is 15.9 Å². The molecule has 1 aromatic carbocycles. The second kappa shape index (κ2) is 5.21. The van der Waals surface area contributed by atoms with Crippen LogP contribution < -0.4 is 5.32 Å². The molecule has 0 bridgehead atoms. The van der Waals surface area contributed by atoms with Gasteiger partial charge in [-0.1, -0.05) is 41.9 Å². The van der Waals surface area contributed by atoms with Gasteiger partial charge in [-0.25, -0.2) is 0 Å². The van der Waals surface area contributed by atoms with E-state index in [-0.39, 0.29) is 0 Å². The van der Waals surface area contributed by atoms with E-state index in [0.29, 0.717) is 11.3 Å². The van der Waals surface area contributed by atoms with Gasteiger partial charge in [-0.15, -0.1) is 0 Å². The summed E-state index contributed by atoms with van der Waals surface area (Å²) in [6, 6.07) is 8.94. The molecule has 0 amide bonds. The van der Waals surface area contributed by atoms with E-state index in [0.717, 1.165) is 18.4 Å². The standard InChI is InChI=1S/C17H24BrN/c1-12(2)14-9-17(10-14)6-7-19-11-16(17)13-4-3-5-15(18)8-13/h3-5,8,12,14,16,19H,6-7,9-11H2,1-2H3. The van der Waals surface area contributed by atoms with E-state index in [1.807, 2.05) is 0 Å². The summed E-state index contributed by atoms with van der Waals surface area (Å²) in [7, 11) is 0. The normalized spacial score (nSPS) is 34.5. The Hall–Kier alpha value is -0.340. The molecule has 1 N–H and O–H groups in total. The van der Waals surface area contributed by atoms with E-state index in [1.54, 1.807) is 0 Å². The SMILES string of the molecule is CC(C)C1CC2(CCNCC2c2cccc(Br)c2)C1. The number of halogens is 1. The van der Waals surface area contributed by atoms with Gasteiger partial charge in [0, 0.05) is 16.9 Å². The Morgan fingerprint density at radius 1 is 1.32 bits per heavy atom. The van der Waals surface area contributed by atoms with E-state index in [9.17, 15) is 0 Å². The molecule has 1 aliphatic heterocycles. The predicted molar refractivity (Wildman–Crippen MR) is 84.4 cm³/mol. The van der Waals surface area contributed by atoms with E-state index >= 15 is 0 Å². The van der Waals surface area contributed by atoms with E-state index in [2.05, 4.69) is 59.4 Å². The van der Waals surface area contributed by atoms with Crippen molar-refractivity contribution in [2.75, 3.05) is 13.1 Å². The fraction of sp³-hybridized carbons (Fsp3) is 0.647. The third kappa shape index (κ3) is 2.50. The number of piperidine rings is 1. The van der Waals surface area contributed by atoms with Gasteiger partial charge in [-0.05, 0) is 60.8 Å². The summed E-state index contributed by atoms with van der Waals surface area (Å²) >= 11 is 3.62. The van der Waals surface area contributed by atoms with Gasteiger partial charge in [0.25, 0.3) is 0 Å². The van der Waals surface area contributed by atoms with Crippen LogP contribution in [0.3, 0.4) is 0 Å². The molecule has 19 heavy (non-hydrogen) atoms. The van der Waals surface area contributed by atoms with Crippen molar-refractivity contribution in [3.8, 4) is 0 Å². The van der Waals surface area contributed by atoms with Gasteiger partial charge in [0.2, 0.25) is 0 Å². The average molecular weight is 322 g/mol. The first-order valence-electron chi connectivity index (χ1n) is 7.57. The molecule has 0 aromatic heterocycles. The summed E-state index contributed by atoms with van der Waals surface area (Å²) < 4.78 is 1.21. The highest BCUT2D eigenvalue weighted by molar-refractivity contribution is 9.10. The molecule has 2 aliphatic rings. The van der Waals surface area contributed by atoms with Crippen molar-refractivity contribution >= 4 is 15.9 Å². The first-order valence-corrected chi connectivity index (χ1v) is 8.36. The smallest absolute Gasteiger partial charge is 0.0178 e. The molecule has 1 aromatic rings. The van der Waals surface area contributed by atoms with Gasteiger partial charge in [0.15, 0.2) is 0 Å². The molecule has 1 aliphatic carbocycles. The van der Waals surface area contributed by atoms with Crippen molar-refractivity contribution < 1.29 is 0 Å². The molecule has 1 nitrogen and oxygen atoms in total. The topological polar surface area (TPSA) is 12.0 Å². The minimum Gasteiger partial charge on any atom is -0.316 e. The molecule has 3 rings (SSSR count). The molecular weight excluding hydrogens is 298 g/mol. The summed E-state index contributed by atoms with van der Waals surface area (Å²) in [6.07, 6.45) is 4.22. The third-order valence-corrected chi connectivity index (χ3v) is 5.91. The summed E-state index contributed by atoms with van der Waals surface area (Å²) in [4.78, 5) is 0. The molecule has 1 saturated heterocycles. The molecular formula is C17H24BrN. The van der Waals surface area contributed by atoms with Gasteiger partial charge in [-0.2, -0.15) is 0 Å². The zero-order chi connectivity index (χ0) is 13.5. The van der Waals surface area contributed by atoms with E-state index < -0.39 is 0 Å². The average Bonchev–Trinajstić information content (AvgIpc) is 2.35. The minimum atomic E-state index is 0.584. The second-order valence-corrected chi connectivity index (χ2v) is 7.75. The van der Waals surface area contributed by atoms with Crippen LogP contribution in [0.15, 0.2) is 28.7 Å². The quantitative estimate of drug-likeness (QED) is 0.840. The Balaban J connectivity index is 1.83. The second-order valence-electron chi connectivity index (χ2n) is 6.84. The lowest BCUT2D eigenvalue weighted by Crippen LogP contribution is -2.51. The van der Waals surface area contributed by atoms with Crippen molar-refractivity contribution in [3.05, 3.63) is 34.3 Å². The highest BCUT2D eigenvalue weighted by Crippen LogP contribution is 2.59. The Kier molecular flexibility index (Phi) is 3.74. The van der Waals surface area contributed by atoms with Crippen molar-refractivity contribution in [2.24, 2.45) is 17.3 Å². The largest absolute Gasteiger partial charge is 0.316 e. The fourth-order valence-electron chi connectivity index (χ4n) is 4.11. The van der Waals surface area contributed by atoms with Crippen LogP contribution in [-0.2, 0) is 0 Å². The van der Waals surface area contributed by atoms with Crippen LogP contribution in [0.25, 0.3) is 0 Å². The molecule has 0 radical (unpaired) electrons. The van der Waals surface area contributed by atoms with Crippen LogP contribution in [0.5, 0.6) is 0 Å². The summed E-state index contributed by atoms with van der Waals surface area (Å²) in [5.41, 5.74) is 2.10. The summed E-state index contributed by atoms with van der Waals surface area (Å²) in [5, 5.41) is 3.60. The number of hydrogen-bond acceptors (Lipinski definition) is 1. The number of hydrogen-bond donors (Lipinski definition) is 1. The maximum atomic E-state index is 3.62. The number of rotatable bonds is 2. The van der Waals surface area contributed by atoms with Gasteiger partial charge in [0.1, 0.15) is 0 Å². The lowest BCUT2D eigenvalue weighted by atomic mass is 9.50. The van der Waals surface area contributed by atoms with Gasteiger partial charge in [-0.3, -0.25) is 0 Å². The van der Waals surface area contributed by atoms with E-state index in [4.69, 9.17) is 0 Å². The molecule has 1 unspecified atom stereocenters. The highest BCUT2D eigenvalue weighted by atomic mass is 79.9. The molecule has 1 atom stereocenters. The van der Waals surface area contributed by atoms with Gasteiger partial charge < -0.3 is 5.32 Å². The first-order chi connectivity index (χ1) is 9.11. The van der Waals surface area contributed by atoms with Gasteiger partial charge in [0.05, 0.1) is 0 Å². The first kappa shape index (κ1) is 13.6. The van der Waals surface area contributed by atoms with Gasteiger partial charge >= 0.3 is 0 Å². The maximum absolute atomic E-state index is 3.62. The van der Waals surface area contributed by atoms with Crippen LogP contribution in [-0.4, -0.2) is 13.1 Å². The lowest BCUT2D eigenvalue weighted by molar-refractivity contribution is -0.0214. The van der Waals surface area contributed by atoms with Crippen molar-refractivity contribution in [2.45, 2.75) is 39.0 Å². The number of benzene rings is 1. The molecule has 2 heteroatoms. The predicted octanol–water partition coefficient (Wildman–Crippen LogP) is 4.58. The summed E-state index contributed by atoms with van der Waals surface area (Å²) in [5.74, 6) is 2.50.